The van der Waals surface area contributed by atoms with Gasteiger partial charge in [-0.15, -0.1) is 13.2 Å². The van der Waals surface area contributed by atoms with Crippen LogP contribution in [0.4, 0.5) is 18.9 Å². The van der Waals surface area contributed by atoms with Gasteiger partial charge in [-0.3, -0.25) is 0 Å². The summed E-state index contributed by atoms with van der Waals surface area (Å²) in [4.78, 5) is 11.3. The van der Waals surface area contributed by atoms with Crippen LogP contribution in [0.3, 0.4) is 0 Å². The molecule has 0 amide bonds. The highest BCUT2D eigenvalue weighted by Crippen LogP contribution is 2.31. The van der Waals surface area contributed by atoms with E-state index in [4.69, 9.17) is 0 Å². The highest BCUT2D eigenvalue weighted by atomic mass is 19.4. The zero-order chi connectivity index (χ0) is 14.0. The van der Waals surface area contributed by atoms with Crippen LogP contribution in [0.2, 0.25) is 0 Å². The van der Waals surface area contributed by atoms with Crippen molar-refractivity contribution in [3.05, 3.63) is 29.3 Å². The average molecular weight is 273 g/mol. The van der Waals surface area contributed by atoms with Crippen molar-refractivity contribution in [1.29, 1.82) is 0 Å². The molecular formula is C12H10F3NO3. The number of methoxy groups -OCH3 is 1. The molecule has 0 radical (unpaired) electrons. The minimum Gasteiger partial charge on any atom is -0.466 e. The van der Waals surface area contributed by atoms with Gasteiger partial charge < -0.3 is 14.8 Å². The zero-order valence-corrected chi connectivity index (χ0v) is 9.88. The van der Waals surface area contributed by atoms with E-state index in [0.29, 0.717) is 16.8 Å². The molecule has 102 valence electrons. The summed E-state index contributed by atoms with van der Waals surface area (Å²) in [6.07, 6.45) is -3.16. The number of nitrogens with one attached hydrogen (secondary N) is 1. The molecule has 7 heteroatoms. The maximum absolute atomic E-state index is 12.1. The van der Waals surface area contributed by atoms with Crippen molar-refractivity contribution in [2.75, 3.05) is 19.0 Å². The summed E-state index contributed by atoms with van der Waals surface area (Å²) in [5.74, 6) is -0.789. The lowest BCUT2D eigenvalue weighted by Crippen LogP contribution is -2.19. The van der Waals surface area contributed by atoms with Gasteiger partial charge in [-0.25, -0.2) is 4.79 Å². The van der Waals surface area contributed by atoms with E-state index in [1.807, 2.05) is 0 Å². The third kappa shape index (κ3) is 3.18. The van der Waals surface area contributed by atoms with Crippen molar-refractivity contribution in [3.8, 4) is 5.75 Å². The first-order valence-electron chi connectivity index (χ1n) is 5.31. The standard InChI is InChI=1S/C12H10F3NO3/c1-18-11(17)8-4-7-2-3-9(19-12(13,14)15)5-10(7)16-6-8/h2-5,16H,6H2,1H3. The number of carbonyl (C=O) groups excluding carboxylic acids is 1. The van der Waals surface area contributed by atoms with Crippen LogP contribution in [-0.2, 0) is 9.53 Å². The monoisotopic (exact) mass is 273 g/mol. The highest BCUT2D eigenvalue weighted by Gasteiger charge is 2.31. The normalized spacial score (nSPS) is 14.0. The number of halogens is 3. The predicted octanol–water partition coefficient (Wildman–Crippen LogP) is 2.57. The molecule has 4 nitrogen and oxygen atoms in total. The van der Waals surface area contributed by atoms with Gasteiger partial charge in [-0.05, 0) is 23.8 Å². The summed E-state index contributed by atoms with van der Waals surface area (Å²) in [5.41, 5.74) is 1.47. The van der Waals surface area contributed by atoms with Gasteiger partial charge in [0.1, 0.15) is 5.75 Å². The molecule has 1 aliphatic heterocycles. The van der Waals surface area contributed by atoms with Crippen molar-refractivity contribution < 1.29 is 27.4 Å². The summed E-state index contributed by atoms with van der Waals surface area (Å²) < 4.78 is 44.6. The van der Waals surface area contributed by atoms with Gasteiger partial charge in [0.25, 0.3) is 0 Å². The lowest BCUT2D eigenvalue weighted by molar-refractivity contribution is -0.274. The summed E-state index contributed by atoms with van der Waals surface area (Å²) in [5, 5.41) is 2.84. The van der Waals surface area contributed by atoms with Gasteiger partial charge in [-0.2, -0.15) is 0 Å². The van der Waals surface area contributed by atoms with Crippen LogP contribution in [-0.4, -0.2) is 26.0 Å². The second kappa shape index (κ2) is 4.83. The van der Waals surface area contributed by atoms with Gasteiger partial charge in [0.15, 0.2) is 0 Å². The third-order valence-corrected chi connectivity index (χ3v) is 2.50. The van der Waals surface area contributed by atoms with Crippen molar-refractivity contribution in [3.63, 3.8) is 0 Å². The number of esters is 1. The number of fused-ring (bicyclic) bond motifs is 1. The Morgan fingerprint density at radius 2 is 2.11 bits per heavy atom. The number of ether oxygens (including phenoxy) is 2. The molecule has 1 aliphatic rings. The van der Waals surface area contributed by atoms with Crippen LogP contribution in [0, 0.1) is 0 Å². The Balaban J connectivity index is 2.25. The van der Waals surface area contributed by atoms with Gasteiger partial charge in [0, 0.05) is 18.3 Å². The Morgan fingerprint density at radius 3 is 2.74 bits per heavy atom. The minimum atomic E-state index is -4.73. The molecule has 19 heavy (non-hydrogen) atoms. The lowest BCUT2D eigenvalue weighted by atomic mass is 10.0. The highest BCUT2D eigenvalue weighted by molar-refractivity contribution is 5.97. The van der Waals surface area contributed by atoms with Crippen LogP contribution in [0.15, 0.2) is 23.8 Å². The number of hydrogen-bond donors (Lipinski definition) is 1. The number of rotatable bonds is 2. The van der Waals surface area contributed by atoms with Crippen molar-refractivity contribution in [2.45, 2.75) is 6.36 Å². The Hall–Kier alpha value is -2.18. The second-order valence-corrected chi connectivity index (χ2v) is 3.81. The fourth-order valence-corrected chi connectivity index (χ4v) is 1.70. The molecule has 1 heterocycles. The second-order valence-electron chi connectivity index (χ2n) is 3.81. The summed E-state index contributed by atoms with van der Waals surface area (Å²) in [6.45, 7) is 0.190. The van der Waals surface area contributed by atoms with E-state index in [1.54, 1.807) is 6.08 Å². The maximum atomic E-state index is 12.1. The Bertz CT molecular complexity index is 538. The number of alkyl halides is 3. The fourth-order valence-electron chi connectivity index (χ4n) is 1.70. The van der Waals surface area contributed by atoms with Gasteiger partial charge in [-0.1, -0.05) is 0 Å². The molecule has 0 unspecified atom stereocenters. The Kier molecular flexibility index (Phi) is 3.37. The SMILES string of the molecule is COC(=O)C1=Cc2ccc(OC(F)(F)F)cc2NC1. The predicted molar refractivity (Wildman–Crippen MR) is 61.6 cm³/mol. The molecule has 0 aliphatic carbocycles. The first kappa shape index (κ1) is 13.3. The van der Waals surface area contributed by atoms with E-state index in [1.165, 1.54) is 25.3 Å². The maximum Gasteiger partial charge on any atom is 0.573 e. The minimum absolute atomic E-state index is 0.190. The van der Waals surface area contributed by atoms with Gasteiger partial charge in [0.05, 0.1) is 12.7 Å². The fraction of sp³-hybridized carbons (Fsp3) is 0.250. The smallest absolute Gasteiger partial charge is 0.466 e. The van der Waals surface area contributed by atoms with Crippen molar-refractivity contribution >= 4 is 17.7 Å². The van der Waals surface area contributed by atoms with E-state index in [9.17, 15) is 18.0 Å². The van der Waals surface area contributed by atoms with E-state index in [2.05, 4.69) is 14.8 Å². The first-order valence-corrected chi connectivity index (χ1v) is 5.31. The van der Waals surface area contributed by atoms with Crippen LogP contribution in [0.5, 0.6) is 5.75 Å². The molecular weight excluding hydrogens is 263 g/mol. The molecule has 0 atom stereocenters. The van der Waals surface area contributed by atoms with E-state index in [-0.39, 0.29) is 12.3 Å². The molecule has 0 spiro atoms. The lowest BCUT2D eigenvalue weighted by Gasteiger charge is -2.18. The van der Waals surface area contributed by atoms with Gasteiger partial charge >= 0.3 is 12.3 Å². The zero-order valence-electron chi connectivity index (χ0n) is 9.88. The topological polar surface area (TPSA) is 47.6 Å². The van der Waals surface area contributed by atoms with E-state index < -0.39 is 12.3 Å². The molecule has 2 rings (SSSR count). The van der Waals surface area contributed by atoms with E-state index >= 15 is 0 Å². The number of hydrogen-bond acceptors (Lipinski definition) is 4. The molecule has 0 saturated carbocycles. The molecule has 1 aromatic carbocycles. The quantitative estimate of drug-likeness (QED) is 0.841. The van der Waals surface area contributed by atoms with Crippen LogP contribution >= 0.6 is 0 Å². The Morgan fingerprint density at radius 1 is 1.37 bits per heavy atom. The van der Waals surface area contributed by atoms with Crippen molar-refractivity contribution in [2.24, 2.45) is 0 Å². The van der Waals surface area contributed by atoms with Crippen molar-refractivity contribution in [1.82, 2.24) is 0 Å². The number of carbonyl (C=O) groups is 1. The number of anilines is 1. The molecule has 0 saturated heterocycles. The molecule has 1 N–H and O–H groups in total. The Labute approximate surface area is 106 Å². The first-order chi connectivity index (χ1) is 8.89. The summed E-state index contributed by atoms with van der Waals surface area (Å²) >= 11 is 0. The van der Waals surface area contributed by atoms with Gasteiger partial charge in [0.2, 0.25) is 0 Å². The molecule has 0 aromatic heterocycles. The van der Waals surface area contributed by atoms with E-state index in [0.717, 1.165) is 0 Å². The molecule has 0 bridgehead atoms. The summed E-state index contributed by atoms with van der Waals surface area (Å²) in [6, 6.07) is 3.85. The third-order valence-electron chi connectivity index (χ3n) is 2.50. The van der Waals surface area contributed by atoms with Crippen LogP contribution in [0.25, 0.3) is 6.08 Å². The summed E-state index contributed by atoms with van der Waals surface area (Å²) in [7, 11) is 1.26. The average Bonchev–Trinajstić information content (AvgIpc) is 2.35. The largest absolute Gasteiger partial charge is 0.573 e. The molecule has 0 fully saturated rings. The number of benzene rings is 1. The molecule has 1 aromatic rings. The van der Waals surface area contributed by atoms with Crippen LogP contribution in [0.1, 0.15) is 5.56 Å². The van der Waals surface area contributed by atoms with Crippen LogP contribution < -0.4 is 10.1 Å².